The van der Waals surface area contributed by atoms with Crippen molar-refractivity contribution in [3.8, 4) is 0 Å². The first kappa shape index (κ1) is 23.6. The van der Waals surface area contributed by atoms with Crippen LogP contribution >= 0.6 is 0 Å². The smallest absolute Gasteiger partial charge is 0.330 e. The summed E-state index contributed by atoms with van der Waals surface area (Å²) in [4.78, 5) is 60.1. The van der Waals surface area contributed by atoms with Crippen LogP contribution in [0, 0.1) is 0 Å². The summed E-state index contributed by atoms with van der Waals surface area (Å²) >= 11 is 0. The molecular weight excluding hydrogens is 406 g/mol. The molecule has 0 unspecified atom stereocenters. The van der Waals surface area contributed by atoms with E-state index in [-0.39, 0.29) is 12.8 Å². The van der Waals surface area contributed by atoms with Crippen molar-refractivity contribution in [1.29, 1.82) is 0 Å². The van der Waals surface area contributed by atoms with Gasteiger partial charge in [0, 0.05) is 12.5 Å². The predicted molar refractivity (Wildman–Crippen MR) is 108 cm³/mol. The van der Waals surface area contributed by atoms with Crippen LogP contribution in [0.15, 0.2) is 42.5 Å². The molecule has 10 heteroatoms. The fraction of sp³-hybridized carbons (Fsp3) is 0.381. The van der Waals surface area contributed by atoms with Gasteiger partial charge in [-0.25, -0.2) is 9.59 Å². The zero-order valence-electron chi connectivity index (χ0n) is 17.3. The Hall–Kier alpha value is -3.69. The predicted octanol–water partition coefficient (Wildman–Crippen LogP) is -0.620. The molecule has 0 aliphatic carbocycles. The van der Waals surface area contributed by atoms with Gasteiger partial charge < -0.3 is 25.4 Å². The summed E-state index contributed by atoms with van der Waals surface area (Å²) in [5.74, 6) is -2.85. The lowest BCUT2D eigenvalue weighted by atomic mass is 10.0. The van der Waals surface area contributed by atoms with Crippen molar-refractivity contribution in [2.24, 2.45) is 0 Å². The highest BCUT2D eigenvalue weighted by Crippen LogP contribution is 2.09. The normalized spacial score (nSPS) is 19.2. The van der Waals surface area contributed by atoms with Crippen LogP contribution in [-0.4, -0.2) is 62.0 Å². The van der Waals surface area contributed by atoms with Crippen LogP contribution in [0.3, 0.4) is 0 Å². The zero-order chi connectivity index (χ0) is 22.8. The van der Waals surface area contributed by atoms with Gasteiger partial charge in [-0.3, -0.25) is 14.4 Å². The number of carbonyl (C=O) groups is 5. The number of hydrogen-bond acceptors (Lipinski definition) is 7. The maximum Gasteiger partial charge on any atom is 0.330 e. The largest absolute Gasteiger partial charge is 0.467 e. The third-order valence-corrected chi connectivity index (χ3v) is 4.59. The van der Waals surface area contributed by atoms with Crippen LogP contribution in [0.1, 0.15) is 18.4 Å². The average Bonchev–Trinajstić information content (AvgIpc) is 2.76. The second-order valence-electron chi connectivity index (χ2n) is 6.82. The van der Waals surface area contributed by atoms with Crippen LogP contribution in [0.2, 0.25) is 0 Å². The van der Waals surface area contributed by atoms with Gasteiger partial charge in [0.15, 0.2) is 0 Å². The first-order chi connectivity index (χ1) is 14.8. The van der Waals surface area contributed by atoms with Crippen molar-refractivity contribution in [2.45, 2.75) is 37.4 Å². The standard InChI is InChI=1S/C21H25N3O7/c1-30-18(26)10-6-9-14(21(29)31-2)22-17(25)12-16-20(28)23-15(19(27)24-16)11-13-7-4-3-5-8-13/h3-8,10,14-16H,9,11-12H2,1-2H3,(H,22,25)(H,23,28)(H,24,27)/b10-6+/t14-,15-,16-/m0/s1. The van der Waals surface area contributed by atoms with E-state index in [1.165, 1.54) is 13.2 Å². The molecule has 1 saturated heterocycles. The lowest BCUT2D eigenvalue weighted by Crippen LogP contribution is -2.63. The van der Waals surface area contributed by atoms with E-state index in [2.05, 4.69) is 25.4 Å². The number of piperazine rings is 1. The summed E-state index contributed by atoms with van der Waals surface area (Å²) in [6.45, 7) is 0. The molecule has 0 bridgehead atoms. The SMILES string of the molecule is COC(=O)/C=C/C[C@H](NC(=O)C[C@@H]1NC(=O)[C@H](Cc2ccccc2)NC1=O)C(=O)OC. The van der Waals surface area contributed by atoms with E-state index >= 15 is 0 Å². The Morgan fingerprint density at radius 2 is 1.68 bits per heavy atom. The Bertz CT molecular complexity index is 854. The van der Waals surface area contributed by atoms with Gasteiger partial charge in [0.1, 0.15) is 18.1 Å². The molecule has 3 amide bonds. The van der Waals surface area contributed by atoms with E-state index in [0.29, 0.717) is 6.42 Å². The first-order valence-corrected chi connectivity index (χ1v) is 9.60. The van der Waals surface area contributed by atoms with Gasteiger partial charge in [-0.1, -0.05) is 36.4 Å². The number of amides is 3. The van der Waals surface area contributed by atoms with Crippen LogP contribution < -0.4 is 16.0 Å². The van der Waals surface area contributed by atoms with Gasteiger partial charge in [0.05, 0.1) is 20.6 Å². The molecule has 1 aromatic rings. The Morgan fingerprint density at radius 1 is 1.03 bits per heavy atom. The highest BCUT2D eigenvalue weighted by molar-refractivity contribution is 5.99. The molecule has 0 radical (unpaired) electrons. The molecule has 0 saturated carbocycles. The molecule has 2 rings (SSSR count). The summed E-state index contributed by atoms with van der Waals surface area (Å²) in [5.41, 5.74) is 0.889. The number of nitrogens with one attached hydrogen (secondary N) is 3. The van der Waals surface area contributed by atoms with E-state index < -0.39 is 47.8 Å². The van der Waals surface area contributed by atoms with Gasteiger partial charge in [-0.2, -0.15) is 0 Å². The van der Waals surface area contributed by atoms with Gasteiger partial charge in [-0.05, 0) is 12.0 Å². The summed E-state index contributed by atoms with van der Waals surface area (Å²) in [6.07, 6.45) is 2.43. The second-order valence-corrected chi connectivity index (χ2v) is 6.82. The van der Waals surface area contributed by atoms with Gasteiger partial charge >= 0.3 is 11.9 Å². The van der Waals surface area contributed by atoms with Crippen molar-refractivity contribution < 1.29 is 33.4 Å². The third kappa shape index (κ3) is 7.25. The highest BCUT2D eigenvalue weighted by atomic mass is 16.5. The van der Waals surface area contributed by atoms with Crippen molar-refractivity contribution in [3.63, 3.8) is 0 Å². The van der Waals surface area contributed by atoms with E-state index in [1.807, 2.05) is 30.3 Å². The van der Waals surface area contributed by atoms with Gasteiger partial charge in [-0.15, -0.1) is 0 Å². The monoisotopic (exact) mass is 431 g/mol. The van der Waals surface area contributed by atoms with Crippen LogP contribution in [0.4, 0.5) is 0 Å². The Balaban J connectivity index is 1.92. The van der Waals surface area contributed by atoms with Crippen LogP contribution in [-0.2, 0) is 39.9 Å². The summed E-state index contributed by atoms with van der Waals surface area (Å²) in [6, 6.07) is 6.35. The van der Waals surface area contributed by atoms with Gasteiger partial charge in [0.25, 0.3) is 0 Å². The Kier molecular flexibility index (Phi) is 8.74. The molecule has 1 aromatic carbocycles. The molecule has 0 aromatic heterocycles. The number of esters is 2. The average molecular weight is 431 g/mol. The molecule has 1 heterocycles. The van der Waals surface area contributed by atoms with E-state index in [4.69, 9.17) is 0 Å². The van der Waals surface area contributed by atoms with Crippen molar-refractivity contribution in [2.75, 3.05) is 14.2 Å². The zero-order valence-corrected chi connectivity index (χ0v) is 17.3. The lowest BCUT2D eigenvalue weighted by Gasteiger charge is -2.29. The topological polar surface area (TPSA) is 140 Å². The highest BCUT2D eigenvalue weighted by Gasteiger charge is 2.35. The summed E-state index contributed by atoms with van der Waals surface area (Å²) in [5, 5.41) is 7.62. The Morgan fingerprint density at radius 3 is 2.32 bits per heavy atom. The number of carbonyl (C=O) groups excluding carboxylic acids is 5. The minimum atomic E-state index is -1.07. The molecule has 166 valence electrons. The Labute approximate surface area is 179 Å². The minimum Gasteiger partial charge on any atom is -0.467 e. The fourth-order valence-electron chi connectivity index (χ4n) is 2.98. The summed E-state index contributed by atoms with van der Waals surface area (Å²) in [7, 11) is 2.37. The van der Waals surface area contributed by atoms with Crippen molar-refractivity contribution >= 4 is 29.7 Å². The maximum atomic E-state index is 12.4. The lowest BCUT2D eigenvalue weighted by molar-refractivity contribution is -0.145. The van der Waals surface area contributed by atoms with Crippen molar-refractivity contribution in [3.05, 3.63) is 48.0 Å². The number of rotatable bonds is 9. The number of benzene rings is 1. The first-order valence-electron chi connectivity index (χ1n) is 9.60. The van der Waals surface area contributed by atoms with E-state index in [0.717, 1.165) is 18.7 Å². The minimum absolute atomic E-state index is 0.0180. The van der Waals surface area contributed by atoms with Crippen LogP contribution in [0.5, 0.6) is 0 Å². The molecule has 1 aliphatic rings. The molecule has 0 spiro atoms. The number of ether oxygens (including phenoxy) is 2. The summed E-state index contributed by atoms with van der Waals surface area (Å²) < 4.78 is 9.10. The number of methoxy groups -OCH3 is 2. The third-order valence-electron chi connectivity index (χ3n) is 4.59. The molecular formula is C21H25N3O7. The molecule has 31 heavy (non-hydrogen) atoms. The van der Waals surface area contributed by atoms with Crippen LogP contribution in [0.25, 0.3) is 0 Å². The second kappa shape index (κ2) is 11.5. The molecule has 1 aliphatic heterocycles. The fourth-order valence-corrected chi connectivity index (χ4v) is 2.98. The maximum absolute atomic E-state index is 12.4. The van der Waals surface area contributed by atoms with E-state index in [1.54, 1.807) is 0 Å². The number of hydrogen-bond donors (Lipinski definition) is 3. The van der Waals surface area contributed by atoms with Crippen molar-refractivity contribution in [1.82, 2.24) is 16.0 Å². The molecule has 1 fully saturated rings. The molecule has 3 atom stereocenters. The van der Waals surface area contributed by atoms with Gasteiger partial charge in [0.2, 0.25) is 17.7 Å². The molecule has 10 nitrogen and oxygen atoms in total. The van der Waals surface area contributed by atoms with E-state index in [9.17, 15) is 24.0 Å². The quantitative estimate of drug-likeness (QED) is 0.350. The molecule has 3 N–H and O–H groups in total.